The van der Waals surface area contributed by atoms with Gasteiger partial charge in [-0.25, -0.2) is 9.97 Å². The van der Waals surface area contributed by atoms with Crippen molar-refractivity contribution < 1.29 is 0 Å². The molecule has 0 aliphatic carbocycles. The third-order valence-electron chi connectivity index (χ3n) is 13.8. The van der Waals surface area contributed by atoms with E-state index in [0.29, 0.717) is 5.82 Å². The van der Waals surface area contributed by atoms with Gasteiger partial charge >= 0.3 is 0 Å². The average molecular weight is 880 g/mol. The second-order valence-electron chi connectivity index (χ2n) is 17.8. The summed E-state index contributed by atoms with van der Waals surface area (Å²) in [7, 11) is 0. The van der Waals surface area contributed by atoms with Crippen molar-refractivity contribution in [3.63, 3.8) is 0 Å². The SMILES string of the molecule is c1ccc(-c2nc(-c3ccc(-c4ccc5c(c4)c4ccccc4n5-c4ccccc4)cc3)cc(-c3cc(-n4c5ccccc5c5ccccc54)cc(-n4c5ccccc5c5ccccc54)c3)n2)cc1. The minimum Gasteiger partial charge on any atom is -0.309 e. The van der Waals surface area contributed by atoms with Gasteiger partial charge in [-0.05, 0) is 90.0 Å². The number of aromatic nitrogens is 5. The van der Waals surface area contributed by atoms with Crippen LogP contribution in [-0.2, 0) is 0 Å². The molecule has 14 aromatic rings. The van der Waals surface area contributed by atoms with Gasteiger partial charge in [0.15, 0.2) is 5.82 Å². The van der Waals surface area contributed by atoms with Crippen LogP contribution < -0.4 is 0 Å². The summed E-state index contributed by atoms with van der Waals surface area (Å²) in [6.45, 7) is 0. The Morgan fingerprint density at radius 3 is 1.10 bits per heavy atom. The van der Waals surface area contributed by atoms with Crippen LogP contribution in [0, 0.1) is 0 Å². The summed E-state index contributed by atoms with van der Waals surface area (Å²) in [4.78, 5) is 10.7. The molecule has 10 aromatic carbocycles. The van der Waals surface area contributed by atoms with E-state index in [4.69, 9.17) is 9.97 Å². The summed E-state index contributed by atoms with van der Waals surface area (Å²) in [6, 6.07) is 89.2. The number of para-hydroxylation sites is 6. The second-order valence-corrected chi connectivity index (χ2v) is 17.8. The zero-order valence-corrected chi connectivity index (χ0v) is 37.4. The molecular formula is C64H41N5. The first kappa shape index (κ1) is 38.9. The van der Waals surface area contributed by atoms with Crippen LogP contribution >= 0.6 is 0 Å². The largest absolute Gasteiger partial charge is 0.309 e. The highest BCUT2D eigenvalue weighted by Crippen LogP contribution is 2.40. The van der Waals surface area contributed by atoms with Gasteiger partial charge in [-0.15, -0.1) is 0 Å². The molecular weight excluding hydrogens is 839 g/mol. The first-order chi connectivity index (χ1) is 34.2. The highest BCUT2D eigenvalue weighted by Gasteiger charge is 2.20. The third kappa shape index (κ3) is 6.32. The Labute approximate surface area is 398 Å². The van der Waals surface area contributed by atoms with Crippen LogP contribution in [0.2, 0.25) is 0 Å². The van der Waals surface area contributed by atoms with Crippen LogP contribution in [0.1, 0.15) is 0 Å². The standard InChI is InChI=1S/C64H41N5/c1-3-17-44(18-4-1)64-65-56(43-33-31-42(32-34-43)45-35-36-63-55(39-45)54-25-11-16-30-62(54)67(63)47-19-5-2-6-20-47)41-57(66-64)46-37-48(68-58-26-12-7-21-50(58)51-22-8-13-27-59(51)68)40-49(38-46)69-60-28-14-9-23-52(60)53-24-10-15-29-61(53)69/h1-41H. The van der Waals surface area contributed by atoms with E-state index in [2.05, 4.69) is 256 Å². The molecule has 0 aliphatic heterocycles. The Balaban J connectivity index is 0.951. The van der Waals surface area contributed by atoms with Crippen LogP contribution in [-0.4, -0.2) is 23.7 Å². The molecule has 69 heavy (non-hydrogen) atoms. The van der Waals surface area contributed by atoms with E-state index in [1.165, 1.54) is 43.4 Å². The van der Waals surface area contributed by atoms with E-state index in [-0.39, 0.29) is 0 Å². The Kier molecular flexibility index (Phi) is 8.83. The van der Waals surface area contributed by atoms with Crippen molar-refractivity contribution in [2.75, 3.05) is 0 Å². The van der Waals surface area contributed by atoms with Crippen molar-refractivity contribution in [1.82, 2.24) is 23.7 Å². The van der Waals surface area contributed by atoms with E-state index in [0.717, 1.165) is 78.3 Å². The monoisotopic (exact) mass is 879 g/mol. The lowest BCUT2D eigenvalue weighted by Crippen LogP contribution is -2.01. The summed E-state index contributed by atoms with van der Waals surface area (Å²) in [5.74, 6) is 0.674. The maximum atomic E-state index is 5.40. The molecule has 322 valence electrons. The van der Waals surface area contributed by atoms with Gasteiger partial charge in [0.25, 0.3) is 0 Å². The zero-order chi connectivity index (χ0) is 45.4. The highest BCUT2D eigenvalue weighted by atomic mass is 15.0. The maximum Gasteiger partial charge on any atom is 0.160 e. The topological polar surface area (TPSA) is 40.6 Å². The molecule has 0 spiro atoms. The molecule has 0 fully saturated rings. The first-order valence-electron chi connectivity index (χ1n) is 23.5. The Hall–Kier alpha value is -9.32. The summed E-state index contributed by atoms with van der Waals surface area (Å²) >= 11 is 0. The molecule has 0 radical (unpaired) electrons. The van der Waals surface area contributed by atoms with Gasteiger partial charge < -0.3 is 13.7 Å². The van der Waals surface area contributed by atoms with Gasteiger partial charge in [-0.3, -0.25) is 0 Å². The van der Waals surface area contributed by atoms with Crippen LogP contribution in [0.4, 0.5) is 0 Å². The fourth-order valence-electron chi connectivity index (χ4n) is 10.7. The fraction of sp³-hybridized carbons (Fsp3) is 0. The van der Waals surface area contributed by atoms with Crippen LogP contribution in [0.15, 0.2) is 249 Å². The van der Waals surface area contributed by atoms with Gasteiger partial charge in [0.1, 0.15) is 0 Å². The predicted octanol–water partition coefficient (Wildman–Crippen LogP) is 16.4. The Morgan fingerprint density at radius 1 is 0.217 bits per heavy atom. The van der Waals surface area contributed by atoms with Gasteiger partial charge in [0.05, 0.1) is 44.5 Å². The number of nitrogens with zero attached hydrogens (tertiary/aromatic N) is 5. The number of fused-ring (bicyclic) bond motifs is 9. The van der Waals surface area contributed by atoms with E-state index >= 15 is 0 Å². The molecule has 0 saturated heterocycles. The molecule has 0 aliphatic rings. The van der Waals surface area contributed by atoms with Gasteiger partial charge in [-0.1, -0.05) is 170 Å². The number of rotatable bonds is 7. The molecule has 0 unspecified atom stereocenters. The smallest absolute Gasteiger partial charge is 0.160 e. The van der Waals surface area contributed by atoms with Crippen molar-refractivity contribution in [3.05, 3.63) is 249 Å². The predicted molar refractivity (Wildman–Crippen MR) is 287 cm³/mol. The molecule has 0 saturated carbocycles. The van der Waals surface area contributed by atoms with Crippen molar-refractivity contribution in [1.29, 1.82) is 0 Å². The lowest BCUT2D eigenvalue weighted by atomic mass is 10.00. The second kappa shape index (κ2) is 15.7. The Morgan fingerprint density at radius 2 is 0.594 bits per heavy atom. The third-order valence-corrected chi connectivity index (χ3v) is 13.8. The fourth-order valence-corrected chi connectivity index (χ4v) is 10.7. The maximum absolute atomic E-state index is 5.40. The molecule has 0 N–H and O–H groups in total. The van der Waals surface area contributed by atoms with Crippen molar-refractivity contribution >= 4 is 65.4 Å². The summed E-state index contributed by atoms with van der Waals surface area (Å²) in [5, 5.41) is 7.34. The van der Waals surface area contributed by atoms with E-state index in [1.54, 1.807) is 0 Å². The lowest BCUT2D eigenvalue weighted by molar-refractivity contribution is 1.13. The highest BCUT2D eigenvalue weighted by molar-refractivity contribution is 6.12. The van der Waals surface area contributed by atoms with E-state index in [9.17, 15) is 0 Å². The Bertz CT molecular complexity index is 4050. The van der Waals surface area contributed by atoms with Crippen molar-refractivity contribution in [2.45, 2.75) is 0 Å². The molecule has 4 aromatic heterocycles. The van der Waals surface area contributed by atoms with Gasteiger partial charge in [0.2, 0.25) is 0 Å². The lowest BCUT2D eigenvalue weighted by Gasteiger charge is -2.16. The molecule has 5 nitrogen and oxygen atoms in total. The van der Waals surface area contributed by atoms with E-state index < -0.39 is 0 Å². The molecule has 14 rings (SSSR count). The molecule has 5 heteroatoms. The molecule has 0 bridgehead atoms. The first-order valence-corrected chi connectivity index (χ1v) is 23.5. The van der Waals surface area contributed by atoms with Crippen LogP contribution in [0.5, 0.6) is 0 Å². The normalized spacial score (nSPS) is 11.8. The summed E-state index contributed by atoms with van der Waals surface area (Å²) in [6.07, 6.45) is 0. The minimum atomic E-state index is 0.674. The van der Waals surface area contributed by atoms with Crippen molar-refractivity contribution in [2.24, 2.45) is 0 Å². The molecule has 0 atom stereocenters. The molecule has 0 amide bonds. The molecule has 4 heterocycles. The van der Waals surface area contributed by atoms with Crippen LogP contribution in [0.25, 0.3) is 128 Å². The zero-order valence-electron chi connectivity index (χ0n) is 37.4. The van der Waals surface area contributed by atoms with Gasteiger partial charge in [-0.2, -0.15) is 0 Å². The number of hydrogen-bond donors (Lipinski definition) is 0. The van der Waals surface area contributed by atoms with Crippen LogP contribution in [0.3, 0.4) is 0 Å². The van der Waals surface area contributed by atoms with Gasteiger partial charge in [0, 0.05) is 66.1 Å². The number of benzene rings is 10. The van der Waals surface area contributed by atoms with E-state index in [1.807, 2.05) is 6.07 Å². The number of hydrogen-bond acceptors (Lipinski definition) is 2. The quantitative estimate of drug-likeness (QED) is 0.160. The minimum absolute atomic E-state index is 0.674. The summed E-state index contributed by atoms with van der Waals surface area (Å²) < 4.78 is 7.17. The van der Waals surface area contributed by atoms with Crippen molar-refractivity contribution in [3.8, 4) is 62.1 Å². The average Bonchev–Trinajstić information content (AvgIpc) is 4.07. The summed E-state index contributed by atoms with van der Waals surface area (Å²) in [5.41, 5.74) is 17.2.